The Kier molecular flexibility index (Phi) is 28.8. The zero-order chi connectivity index (χ0) is 55.5. The van der Waals surface area contributed by atoms with Gasteiger partial charge < -0.3 is 75.1 Å². The molecule has 0 aromatic heterocycles. The maximum absolute atomic E-state index is 14.0. The van der Waals surface area contributed by atoms with Crippen molar-refractivity contribution in [3.8, 4) is 0 Å². The maximum atomic E-state index is 14.0. The fraction of sp³-hybridized carbons (Fsp3) is 0.609. The van der Waals surface area contributed by atoms with E-state index in [4.69, 9.17) is 22.3 Å². The van der Waals surface area contributed by atoms with E-state index < -0.39 is 132 Å². The second kappa shape index (κ2) is 32.8. The largest absolute Gasteiger partial charge is 0.481 e. The second-order valence-electron chi connectivity index (χ2n) is 18.0. The van der Waals surface area contributed by atoms with Gasteiger partial charge in [0, 0.05) is 19.4 Å². The van der Waals surface area contributed by atoms with Crippen molar-refractivity contribution in [3.63, 3.8) is 0 Å². The van der Waals surface area contributed by atoms with E-state index >= 15 is 0 Å². The average Bonchev–Trinajstić information content (AvgIpc) is 3.30. The number of thioether (sulfide) groups is 1. The van der Waals surface area contributed by atoms with Crippen LogP contribution in [0.25, 0.3) is 0 Å². The Hall–Kier alpha value is -7.03. The molecule has 0 aliphatic heterocycles. The van der Waals surface area contributed by atoms with Gasteiger partial charge in [0.1, 0.15) is 48.3 Å². The topological polar surface area (TPSA) is 435 Å². The molecule has 17 N–H and O–H groups in total. The zero-order valence-electron chi connectivity index (χ0n) is 42.2. The summed E-state index contributed by atoms with van der Waals surface area (Å²) in [5.41, 5.74) is 17.3. The Morgan fingerprint density at radius 2 is 1.05 bits per heavy atom. The van der Waals surface area contributed by atoms with Crippen LogP contribution in [0.3, 0.4) is 0 Å². The van der Waals surface area contributed by atoms with Crippen molar-refractivity contribution in [2.45, 2.75) is 147 Å². The summed E-state index contributed by atoms with van der Waals surface area (Å²) in [6, 6.07) is -4.05. The molecule has 1 aromatic rings. The number of nitrogens with zero attached hydrogens (tertiary/aromatic N) is 1. The lowest BCUT2D eigenvalue weighted by molar-refractivity contribution is -0.144. The Balaban J connectivity index is 3.34. The molecule has 0 saturated carbocycles. The first-order valence-electron chi connectivity index (χ1n) is 23.6. The summed E-state index contributed by atoms with van der Waals surface area (Å²) in [6.07, 6.45) is 0.0975. The fourth-order valence-corrected chi connectivity index (χ4v) is 7.25. The highest BCUT2D eigenvalue weighted by Gasteiger charge is 2.35. The summed E-state index contributed by atoms with van der Waals surface area (Å²) in [6.45, 7) is 9.22. The van der Waals surface area contributed by atoms with Crippen molar-refractivity contribution in [3.05, 3.63) is 35.9 Å². The van der Waals surface area contributed by atoms with Crippen LogP contribution in [0.15, 0.2) is 35.3 Å². The van der Waals surface area contributed by atoms with Crippen molar-refractivity contribution >= 4 is 82.9 Å². The summed E-state index contributed by atoms with van der Waals surface area (Å²) in [7, 11) is 0. The number of rotatable bonds is 34. The fourth-order valence-electron chi connectivity index (χ4n) is 6.78. The van der Waals surface area contributed by atoms with Crippen molar-refractivity contribution in [2.75, 3.05) is 18.6 Å². The molecule has 26 nitrogen and oxygen atoms in total. The van der Waals surface area contributed by atoms with Gasteiger partial charge in [0.2, 0.25) is 47.3 Å². The van der Waals surface area contributed by atoms with Crippen molar-refractivity contribution in [2.24, 2.45) is 34.0 Å². The van der Waals surface area contributed by atoms with Crippen molar-refractivity contribution in [1.82, 2.24) is 42.5 Å². The van der Waals surface area contributed by atoms with Crippen LogP contribution in [0, 0.1) is 11.8 Å². The Bertz CT molecular complexity index is 2090. The minimum Gasteiger partial charge on any atom is -0.481 e. The Labute approximate surface area is 428 Å². The van der Waals surface area contributed by atoms with Gasteiger partial charge in [0.15, 0.2) is 5.96 Å². The van der Waals surface area contributed by atoms with Crippen LogP contribution in [0.2, 0.25) is 0 Å². The van der Waals surface area contributed by atoms with Gasteiger partial charge >= 0.3 is 17.9 Å². The molecule has 0 bridgehead atoms. The minimum atomic E-state index is -1.84. The molecule has 1 rings (SSSR count). The predicted octanol–water partition coefficient (Wildman–Crippen LogP) is -2.59. The van der Waals surface area contributed by atoms with Crippen LogP contribution < -0.4 is 59.7 Å². The first-order valence-corrected chi connectivity index (χ1v) is 25.0. The van der Waals surface area contributed by atoms with Gasteiger partial charge in [-0.15, -0.1) is 0 Å². The van der Waals surface area contributed by atoms with Crippen LogP contribution in [-0.4, -0.2) is 159 Å². The third kappa shape index (κ3) is 25.3. The second-order valence-corrected chi connectivity index (χ2v) is 19.0. The average molecular weight is 1050 g/mol. The number of nitrogens with two attached hydrogens (primary N) is 3. The van der Waals surface area contributed by atoms with E-state index in [-0.39, 0.29) is 63.4 Å². The lowest BCUT2D eigenvalue weighted by Gasteiger charge is -2.28. The number of amides is 8. The smallest absolute Gasteiger partial charge is 0.326 e. The van der Waals surface area contributed by atoms with E-state index in [1.165, 1.54) is 25.6 Å². The molecule has 0 unspecified atom stereocenters. The summed E-state index contributed by atoms with van der Waals surface area (Å²) in [4.78, 5) is 147. The van der Waals surface area contributed by atoms with Gasteiger partial charge in [-0.25, -0.2) is 4.79 Å². The molecule has 1 aromatic carbocycles. The zero-order valence-corrected chi connectivity index (χ0v) is 43.0. The number of hydrogen-bond donors (Lipinski definition) is 14. The first kappa shape index (κ1) is 64.0. The highest BCUT2D eigenvalue weighted by molar-refractivity contribution is 7.98. The number of guanidine groups is 1. The van der Waals surface area contributed by atoms with Gasteiger partial charge in [-0.1, -0.05) is 58.0 Å². The van der Waals surface area contributed by atoms with Crippen LogP contribution >= 0.6 is 11.8 Å². The Morgan fingerprint density at radius 1 is 0.575 bits per heavy atom. The minimum absolute atomic E-state index is 0.00458. The van der Waals surface area contributed by atoms with Gasteiger partial charge in [0.05, 0.1) is 12.5 Å². The van der Waals surface area contributed by atoms with E-state index in [1.54, 1.807) is 64.3 Å². The van der Waals surface area contributed by atoms with E-state index in [0.29, 0.717) is 11.3 Å². The molecule has 408 valence electrons. The molecule has 8 amide bonds. The van der Waals surface area contributed by atoms with Gasteiger partial charge in [-0.3, -0.25) is 52.9 Å². The summed E-state index contributed by atoms with van der Waals surface area (Å²) in [5, 5.41) is 48.2. The van der Waals surface area contributed by atoms with Crippen molar-refractivity contribution < 1.29 is 68.1 Å². The van der Waals surface area contributed by atoms with E-state index in [0.717, 1.165) is 0 Å². The number of benzene rings is 1. The number of carbonyl (C=O) groups excluding carboxylic acids is 8. The molecular formula is C46H74N12O14S. The van der Waals surface area contributed by atoms with Crippen LogP contribution in [-0.2, 0) is 59.2 Å². The van der Waals surface area contributed by atoms with Gasteiger partial charge in [-0.05, 0) is 75.4 Å². The molecule has 0 radical (unpaired) electrons. The van der Waals surface area contributed by atoms with Crippen molar-refractivity contribution in [1.29, 1.82) is 0 Å². The summed E-state index contributed by atoms with van der Waals surface area (Å²) in [5.74, 6) is -11.8. The monoisotopic (exact) mass is 1050 g/mol. The predicted molar refractivity (Wildman–Crippen MR) is 269 cm³/mol. The van der Waals surface area contributed by atoms with Gasteiger partial charge in [-0.2, -0.15) is 11.8 Å². The molecular weight excluding hydrogens is 977 g/mol. The molecule has 0 heterocycles. The first-order chi connectivity index (χ1) is 34.2. The molecule has 0 saturated heterocycles. The quantitative estimate of drug-likeness (QED) is 0.0191. The normalized spacial score (nSPS) is 14.7. The molecule has 27 heteroatoms. The van der Waals surface area contributed by atoms with E-state index in [1.807, 2.05) is 0 Å². The highest BCUT2D eigenvalue weighted by atomic mass is 32.2. The summed E-state index contributed by atoms with van der Waals surface area (Å²) >= 11 is 1.38. The Morgan fingerprint density at radius 3 is 1.59 bits per heavy atom. The standard InChI is InChI=1S/C46H74N12O14S/c1-23(2)20-31(55-38(64)26(6)51-37(63)25(5)52-40(66)30(17-19-73-7)53-39(65)28(47)15-16-34(59)60)42(68)54-29(14-11-18-50-46(48)49)41(67)57-33(22-35(61)62)43(69)56-32(21-27-12-9-8-10-13-27)44(70)58-36(24(3)4)45(71)72/h8-10,12-13,23-26,28-33,36H,11,14-22,47H2,1-7H3,(H,51,63)(H,52,66)(H,53,65)(H,54,68)(H,55,64)(H,56,69)(H,57,67)(H,58,70)(H,59,60)(H,61,62)(H,71,72)(H4,48,49,50)/t25-,26-,28-,29-,30-,31-,32-,33-,36-/m0/s1. The molecule has 0 fully saturated rings. The van der Waals surface area contributed by atoms with Gasteiger partial charge in [0.25, 0.3) is 0 Å². The number of aliphatic carboxylic acids is 3. The number of aliphatic imine (C=N–C) groups is 1. The third-order valence-corrected chi connectivity index (χ3v) is 11.5. The third-order valence-electron chi connectivity index (χ3n) is 10.8. The molecule has 0 aliphatic carbocycles. The lowest BCUT2D eigenvalue weighted by Crippen LogP contribution is -2.60. The molecule has 0 spiro atoms. The number of carboxylic acids is 3. The van der Waals surface area contributed by atoms with E-state index in [2.05, 4.69) is 47.5 Å². The lowest BCUT2D eigenvalue weighted by atomic mass is 10.0. The van der Waals surface area contributed by atoms with Crippen LogP contribution in [0.4, 0.5) is 0 Å². The number of hydrogen-bond acceptors (Lipinski definition) is 14. The number of nitrogens with one attached hydrogen (secondary N) is 8. The number of carbonyl (C=O) groups is 11. The molecule has 9 atom stereocenters. The highest BCUT2D eigenvalue weighted by Crippen LogP contribution is 2.11. The summed E-state index contributed by atoms with van der Waals surface area (Å²) < 4.78 is 0. The van der Waals surface area contributed by atoms with Crippen LogP contribution in [0.5, 0.6) is 0 Å². The maximum Gasteiger partial charge on any atom is 0.326 e. The number of carboxylic acid groups (broad SMARTS) is 3. The van der Waals surface area contributed by atoms with Crippen LogP contribution in [0.1, 0.15) is 92.1 Å². The molecule has 73 heavy (non-hydrogen) atoms. The SMILES string of the molecule is CSCC[C@H](NC(=O)[C@@H](N)CCC(=O)O)C(=O)N[C@@H](C)C(=O)N[C@@H](C)C(=O)N[C@@H](CC(C)C)C(=O)N[C@@H](CCCN=C(N)N)C(=O)N[C@@H](CC(=O)O)C(=O)N[C@@H](Cc1ccccc1)C(=O)N[C@H](C(=O)O)C(C)C. The van der Waals surface area contributed by atoms with E-state index in [9.17, 15) is 63.0 Å². The molecule has 0 aliphatic rings.